The average molecular weight is 467 g/mol. The number of nitrogens with one attached hydrogen (secondary N) is 1. The zero-order valence-electron chi connectivity index (χ0n) is 17.9. The molecule has 3 nitrogen and oxygen atoms in total. The maximum absolute atomic E-state index is 13.2. The molecule has 2 aromatic carbocycles. The van der Waals surface area contributed by atoms with Crippen molar-refractivity contribution < 1.29 is 9.18 Å². The second kappa shape index (κ2) is 12.5. The maximum Gasteiger partial charge on any atom is 0.162 e. The van der Waals surface area contributed by atoms with Crippen molar-refractivity contribution in [3.8, 4) is 0 Å². The van der Waals surface area contributed by atoms with Crippen molar-refractivity contribution >= 4 is 30.6 Å². The fourth-order valence-electron chi connectivity index (χ4n) is 4.64. The van der Waals surface area contributed by atoms with Crippen molar-refractivity contribution in [2.75, 3.05) is 19.6 Å². The van der Waals surface area contributed by atoms with Gasteiger partial charge in [0.25, 0.3) is 0 Å². The number of aryl methyl sites for hydroxylation is 1. The predicted molar refractivity (Wildman–Crippen MR) is 129 cm³/mol. The molecule has 0 unspecified atom stereocenters. The molecule has 0 saturated carbocycles. The van der Waals surface area contributed by atoms with E-state index in [1.54, 1.807) is 0 Å². The molecule has 2 aromatic rings. The van der Waals surface area contributed by atoms with Gasteiger partial charge in [-0.05, 0) is 92.5 Å². The Balaban J connectivity index is 0.00000171. The first-order chi connectivity index (χ1) is 14.2. The van der Waals surface area contributed by atoms with Gasteiger partial charge in [0.2, 0.25) is 0 Å². The fourth-order valence-corrected chi connectivity index (χ4v) is 4.64. The third-order valence-electron chi connectivity index (χ3n) is 6.40. The van der Waals surface area contributed by atoms with Crippen molar-refractivity contribution in [1.82, 2.24) is 10.2 Å². The molecule has 2 aliphatic rings. The summed E-state index contributed by atoms with van der Waals surface area (Å²) in [6, 6.07) is 13.1. The molecule has 1 fully saturated rings. The summed E-state index contributed by atoms with van der Waals surface area (Å²) >= 11 is 0. The normalized spacial score (nSPS) is 17.1. The molecule has 0 atom stereocenters. The smallest absolute Gasteiger partial charge is 0.162 e. The van der Waals surface area contributed by atoms with Crippen LogP contribution < -0.4 is 5.32 Å². The second-order valence-corrected chi connectivity index (χ2v) is 8.58. The number of ketones is 1. The van der Waals surface area contributed by atoms with Crippen LogP contribution in [-0.4, -0.2) is 30.3 Å². The van der Waals surface area contributed by atoms with Gasteiger partial charge in [0.15, 0.2) is 5.78 Å². The van der Waals surface area contributed by atoms with E-state index in [2.05, 4.69) is 22.3 Å². The Morgan fingerprint density at radius 3 is 2.52 bits per heavy atom. The van der Waals surface area contributed by atoms with Crippen LogP contribution in [0.4, 0.5) is 4.39 Å². The number of fused-ring (bicyclic) bond motifs is 1. The highest BCUT2D eigenvalue weighted by molar-refractivity contribution is 5.96. The predicted octanol–water partition coefficient (Wildman–Crippen LogP) is 5.58. The standard InChI is InChI=1S/C25H31FN2O.2ClH/c26-24-8-3-20(4-9-24)17-28-15-1-2-21-6-7-22(16-23(21)18-28)25(29)10-5-19-11-13-27-14-12-19;;/h3-4,6-9,16,19,27H,1-2,5,10-15,17-18H2;2*1H. The third-order valence-corrected chi connectivity index (χ3v) is 6.40. The van der Waals surface area contributed by atoms with Crippen LogP contribution in [0.15, 0.2) is 42.5 Å². The van der Waals surface area contributed by atoms with Gasteiger partial charge in [0, 0.05) is 25.1 Å². The van der Waals surface area contributed by atoms with Gasteiger partial charge in [-0.1, -0.05) is 24.3 Å². The van der Waals surface area contributed by atoms with E-state index in [0.29, 0.717) is 12.3 Å². The number of piperidine rings is 1. The van der Waals surface area contributed by atoms with E-state index in [1.165, 1.54) is 36.1 Å². The van der Waals surface area contributed by atoms with Crippen molar-refractivity contribution in [3.05, 3.63) is 70.5 Å². The number of carbonyl (C=O) groups is 1. The summed E-state index contributed by atoms with van der Waals surface area (Å²) in [5.41, 5.74) is 4.63. The summed E-state index contributed by atoms with van der Waals surface area (Å²) in [7, 11) is 0. The highest BCUT2D eigenvalue weighted by Gasteiger charge is 2.18. The Kier molecular flexibility index (Phi) is 10.4. The molecule has 4 rings (SSSR count). The van der Waals surface area contributed by atoms with E-state index < -0.39 is 0 Å². The molecule has 0 aromatic heterocycles. The van der Waals surface area contributed by atoms with Crippen LogP contribution in [-0.2, 0) is 19.5 Å². The van der Waals surface area contributed by atoms with Gasteiger partial charge in [-0.15, -0.1) is 24.8 Å². The number of nitrogens with zero attached hydrogens (tertiary/aromatic N) is 1. The first kappa shape index (κ1) is 25.8. The molecule has 2 aliphatic heterocycles. The Labute approximate surface area is 197 Å². The first-order valence-electron chi connectivity index (χ1n) is 11.0. The van der Waals surface area contributed by atoms with Crippen LogP contribution in [0.3, 0.4) is 0 Å². The van der Waals surface area contributed by atoms with Crippen LogP contribution in [0.25, 0.3) is 0 Å². The number of Topliss-reactive ketones (excluding diaryl/α,β-unsaturated/α-hetero) is 1. The van der Waals surface area contributed by atoms with E-state index >= 15 is 0 Å². The molecular formula is C25H33Cl2FN2O. The maximum atomic E-state index is 13.2. The van der Waals surface area contributed by atoms with E-state index in [1.807, 2.05) is 18.2 Å². The monoisotopic (exact) mass is 466 g/mol. The largest absolute Gasteiger partial charge is 0.317 e. The quantitative estimate of drug-likeness (QED) is 0.563. The summed E-state index contributed by atoms with van der Waals surface area (Å²) in [4.78, 5) is 15.2. The Morgan fingerprint density at radius 2 is 1.77 bits per heavy atom. The molecular weight excluding hydrogens is 434 g/mol. The summed E-state index contributed by atoms with van der Waals surface area (Å²) in [5, 5.41) is 3.39. The number of halogens is 3. The lowest BCUT2D eigenvalue weighted by Gasteiger charge is -2.22. The topological polar surface area (TPSA) is 32.3 Å². The molecule has 0 aliphatic carbocycles. The molecule has 170 valence electrons. The van der Waals surface area contributed by atoms with E-state index in [4.69, 9.17) is 0 Å². The van der Waals surface area contributed by atoms with Crippen LogP contribution in [0.5, 0.6) is 0 Å². The van der Waals surface area contributed by atoms with E-state index in [9.17, 15) is 9.18 Å². The van der Waals surface area contributed by atoms with Crippen molar-refractivity contribution in [3.63, 3.8) is 0 Å². The lowest BCUT2D eigenvalue weighted by atomic mass is 9.90. The zero-order valence-corrected chi connectivity index (χ0v) is 19.6. The number of hydrogen-bond acceptors (Lipinski definition) is 3. The van der Waals surface area contributed by atoms with Gasteiger partial charge in [0.1, 0.15) is 5.82 Å². The van der Waals surface area contributed by atoms with Crippen molar-refractivity contribution in [1.29, 1.82) is 0 Å². The Bertz CT molecular complexity index is 838. The average Bonchev–Trinajstić information content (AvgIpc) is 2.95. The third kappa shape index (κ3) is 7.28. The van der Waals surface area contributed by atoms with Crippen molar-refractivity contribution in [2.24, 2.45) is 5.92 Å². The molecule has 0 radical (unpaired) electrons. The Hall–Kier alpha value is -1.46. The lowest BCUT2D eigenvalue weighted by molar-refractivity contribution is 0.0970. The molecule has 0 bridgehead atoms. The summed E-state index contributed by atoms with van der Waals surface area (Å²) in [6.45, 7) is 4.85. The van der Waals surface area contributed by atoms with Gasteiger partial charge in [-0.25, -0.2) is 4.39 Å². The zero-order chi connectivity index (χ0) is 20.1. The van der Waals surface area contributed by atoms with Crippen molar-refractivity contribution in [2.45, 2.75) is 51.6 Å². The SMILES string of the molecule is Cl.Cl.O=C(CCC1CCNCC1)c1ccc2c(c1)CN(Cc1ccc(F)cc1)CCC2. The molecule has 2 heterocycles. The number of rotatable bonds is 6. The highest BCUT2D eigenvalue weighted by atomic mass is 35.5. The molecule has 1 N–H and O–H groups in total. The molecule has 0 amide bonds. The number of benzene rings is 2. The molecule has 1 saturated heterocycles. The van der Waals surface area contributed by atoms with Gasteiger partial charge in [0.05, 0.1) is 0 Å². The number of hydrogen-bond donors (Lipinski definition) is 1. The van der Waals surface area contributed by atoms with Crippen LogP contribution in [0, 0.1) is 11.7 Å². The van der Waals surface area contributed by atoms with Crippen LogP contribution >= 0.6 is 24.8 Å². The lowest BCUT2D eigenvalue weighted by Crippen LogP contribution is -2.28. The Morgan fingerprint density at radius 1 is 1.03 bits per heavy atom. The van der Waals surface area contributed by atoms with E-state index in [0.717, 1.165) is 63.1 Å². The minimum Gasteiger partial charge on any atom is -0.317 e. The van der Waals surface area contributed by atoms with E-state index in [-0.39, 0.29) is 36.4 Å². The summed E-state index contributed by atoms with van der Waals surface area (Å²) in [6.07, 6.45) is 6.21. The summed E-state index contributed by atoms with van der Waals surface area (Å²) in [5.74, 6) is 0.774. The second-order valence-electron chi connectivity index (χ2n) is 8.58. The highest BCUT2D eigenvalue weighted by Crippen LogP contribution is 2.24. The van der Waals surface area contributed by atoms with Gasteiger partial charge in [-0.2, -0.15) is 0 Å². The van der Waals surface area contributed by atoms with Crippen LogP contribution in [0.1, 0.15) is 59.2 Å². The fraction of sp³-hybridized carbons (Fsp3) is 0.480. The number of carbonyl (C=O) groups excluding carboxylic acids is 1. The van der Waals surface area contributed by atoms with Gasteiger partial charge < -0.3 is 5.32 Å². The van der Waals surface area contributed by atoms with Gasteiger partial charge >= 0.3 is 0 Å². The molecule has 6 heteroatoms. The molecule has 0 spiro atoms. The minimum atomic E-state index is -0.192. The first-order valence-corrected chi connectivity index (χ1v) is 11.0. The molecule has 31 heavy (non-hydrogen) atoms. The minimum absolute atomic E-state index is 0. The van der Waals surface area contributed by atoms with Crippen LogP contribution in [0.2, 0.25) is 0 Å². The summed E-state index contributed by atoms with van der Waals surface area (Å²) < 4.78 is 13.2. The van der Waals surface area contributed by atoms with Gasteiger partial charge in [-0.3, -0.25) is 9.69 Å².